The predicted molar refractivity (Wildman–Crippen MR) is 128 cm³/mol. The third kappa shape index (κ3) is 6.12. The van der Waals surface area contributed by atoms with E-state index in [-0.39, 0.29) is 30.8 Å². The normalized spacial score (nSPS) is 18.2. The van der Waals surface area contributed by atoms with Gasteiger partial charge in [-0.15, -0.1) is 0 Å². The van der Waals surface area contributed by atoms with Gasteiger partial charge in [0.25, 0.3) is 0 Å². The molecule has 0 radical (unpaired) electrons. The molecule has 0 aliphatic carbocycles. The van der Waals surface area contributed by atoms with Crippen LogP contribution in [0.2, 0.25) is 0 Å². The van der Waals surface area contributed by atoms with Gasteiger partial charge in [0.2, 0.25) is 11.9 Å². The number of cyclic esters (lactones) is 1. The third-order valence-corrected chi connectivity index (χ3v) is 5.98. The van der Waals surface area contributed by atoms with Crippen LogP contribution in [0.4, 0.5) is 45.5 Å². The Kier molecular flexibility index (Phi) is 7.55. The highest BCUT2D eigenvalue weighted by molar-refractivity contribution is 5.90. The number of nitrogens with zero attached hydrogens (tertiary/aromatic N) is 5. The van der Waals surface area contributed by atoms with Gasteiger partial charge in [0.15, 0.2) is 5.69 Å². The van der Waals surface area contributed by atoms with Gasteiger partial charge >= 0.3 is 12.3 Å². The van der Waals surface area contributed by atoms with Crippen molar-refractivity contribution in [1.29, 1.82) is 0 Å². The minimum Gasteiger partial charge on any atom is -0.442 e. The summed E-state index contributed by atoms with van der Waals surface area (Å²) in [5.41, 5.74) is -0.387. The summed E-state index contributed by atoms with van der Waals surface area (Å²) in [6, 6.07) is 5.33. The number of alkyl halides is 3. The van der Waals surface area contributed by atoms with Crippen LogP contribution >= 0.6 is 0 Å². The molecule has 2 aromatic rings. The molecule has 2 fully saturated rings. The molecule has 1 aromatic heterocycles. The minimum absolute atomic E-state index is 0.101. The van der Waals surface area contributed by atoms with Crippen molar-refractivity contribution in [3.63, 3.8) is 0 Å². The fourth-order valence-electron chi connectivity index (χ4n) is 4.17. The molecular weight excluding hydrogens is 498 g/mol. The zero-order chi connectivity index (χ0) is 26.7. The number of benzene rings is 1. The van der Waals surface area contributed by atoms with Gasteiger partial charge in [-0.25, -0.2) is 14.2 Å². The number of amides is 2. The van der Waals surface area contributed by atoms with E-state index in [1.165, 1.54) is 17.9 Å². The summed E-state index contributed by atoms with van der Waals surface area (Å²) in [6.45, 7) is 5.14. The Labute approximate surface area is 210 Å². The van der Waals surface area contributed by atoms with Crippen molar-refractivity contribution in [2.75, 3.05) is 65.8 Å². The van der Waals surface area contributed by atoms with E-state index in [0.29, 0.717) is 44.1 Å². The Bertz CT molecular complexity index is 1160. The molecule has 1 aromatic carbocycles. The average molecular weight is 526 g/mol. The van der Waals surface area contributed by atoms with Gasteiger partial charge in [-0.1, -0.05) is 0 Å². The van der Waals surface area contributed by atoms with E-state index in [4.69, 9.17) is 4.74 Å². The van der Waals surface area contributed by atoms with Gasteiger partial charge in [-0.3, -0.25) is 9.69 Å². The number of halogens is 4. The average Bonchev–Trinajstić information content (AvgIpc) is 3.23. The lowest BCUT2D eigenvalue weighted by atomic mass is 10.2. The monoisotopic (exact) mass is 525 g/mol. The Hall–Kier alpha value is -3.84. The van der Waals surface area contributed by atoms with Crippen LogP contribution in [0.3, 0.4) is 0 Å². The summed E-state index contributed by atoms with van der Waals surface area (Å²) < 4.78 is 60.2. The van der Waals surface area contributed by atoms with Crippen LogP contribution in [0.15, 0.2) is 24.3 Å². The van der Waals surface area contributed by atoms with Gasteiger partial charge in [-0.2, -0.15) is 18.2 Å². The largest absolute Gasteiger partial charge is 0.442 e. The molecule has 2 saturated heterocycles. The summed E-state index contributed by atoms with van der Waals surface area (Å²) in [6.07, 6.45) is -5.78. The van der Waals surface area contributed by atoms with Gasteiger partial charge < -0.3 is 25.2 Å². The van der Waals surface area contributed by atoms with Crippen LogP contribution in [-0.4, -0.2) is 73.9 Å². The quantitative estimate of drug-likeness (QED) is 0.533. The van der Waals surface area contributed by atoms with Crippen LogP contribution < -0.4 is 25.3 Å². The first-order valence-electron chi connectivity index (χ1n) is 11.8. The minimum atomic E-state index is -4.61. The number of hydrogen-bond acceptors (Lipinski definition) is 8. The number of carbonyl (C=O) groups is 2. The lowest BCUT2D eigenvalue weighted by molar-refractivity contribution is -0.141. The van der Waals surface area contributed by atoms with Crippen LogP contribution in [-0.2, 0) is 15.7 Å². The first-order chi connectivity index (χ1) is 17.5. The number of nitrogens with one attached hydrogen (secondary N) is 2. The number of anilines is 4. The van der Waals surface area contributed by atoms with E-state index < -0.39 is 29.9 Å². The van der Waals surface area contributed by atoms with E-state index in [9.17, 15) is 22.8 Å². The molecule has 2 aliphatic rings. The maximum absolute atomic E-state index is 15.1. The maximum Gasteiger partial charge on any atom is 0.433 e. The predicted octanol–water partition coefficient (Wildman–Crippen LogP) is 2.85. The molecule has 0 saturated carbocycles. The smallest absolute Gasteiger partial charge is 0.433 e. The highest BCUT2D eigenvalue weighted by Gasteiger charge is 2.35. The van der Waals surface area contributed by atoms with Crippen molar-refractivity contribution < 1.29 is 31.9 Å². The van der Waals surface area contributed by atoms with Crippen molar-refractivity contribution in [1.82, 2.24) is 15.3 Å². The zero-order valence-electron chi connectivity index (χ0n) is 20.3. The molecule has 2 amide bonds. The second kappa shape index (κ2) is 10.6. The topological polar surface area (TPSA) is 103 Å². The standard InChI is InChI=1S/C23H27F4N7O3/c1-3-28-21-30-19(23(25,26)27)11-20(31-21)33-8-6-32(7-9-33)18-5-4-15(10-17(18)24)34-13-16(37-22(34)36)12-29-14(2)35/h4-5,10-11,16H,3,6-9,12-13H2,1-2H3,(H,29,35)(H,28,30,31)/t16-/m0/s1. The van der Waals surface area contributed by atoms with E-state index in [2.05, 4.69) is 20.6 Å². The lowest BCUT2D eigenvalue weighted by Crippen LogP contribution is -2.47. The maximum atomic E-state index is 15.1. The lowest BCUT2D eigenvalue weighted by Gasteiger charge is -2.37. The molecule has 0 bridgehead atoms. The SMILES string of the molecule is CCNc1nc(N2CCN(c3ccc(N4C[C@H](CNC(C)=O)OC4=O)cc3F)CC2)cc(C(F)(F)F)n1. The Balaban J connectivity index is 1.42. The fourth-order valence-corrected chi connectivity index (χ4v) is 4.17. The second-order valence-electron chi connectivity index (χ2n) is 8.63. The van der Waals surface area contributed by atoms with E-state index in [1.807, 2.05) is 0 Å². The number of ether oxygens (including phenoxy) is 1. The Morgan fingerprint density at radius 1 is 1.14 bits per heavy atom. The summed E-state index contributed by atoms with van der Waals surface area (Å²) in [4.78, 5) is 35.8. The van der Waals surface area contributed by atoms with E-state index in [0.717, 1.165) is 6.07 Å². The Morgan fingerprint density at radius 3 is 2.46 bits per heavy atom. The number of rotatable bonds is 7. The third-order valence-electron chi connectivity index (χ3n) is 5.98. The molecule has 200 valence electrons. The molecule has 0 unspecified atom stereocenters. The summed E-state index contributed by atoms with van der Waals surface area (Å²) in [5.74, 6) is -0.741. The van der Waals surface area contributed by atoms with Crippen molar-refractivity contribution in [3.05, 3.63) is 35.8 Å². The molecule has 37 heavy (non-hydrogen) atoms. The molecule has 14 heteroatoms. The van der Waals surface area contributed by atoms with Crippen LogP contribution in [0.25, 0.3) is 0 Å². The number of aromatic nitrogens is 2. The molecule has 1 atom stereocenters. The van der Waals surface area contributed by atoms with Crippen molar-refractivity contribution in [3.8, 4) is 0 Å². The number of piperazine rings is 1. The molecule has 2 N–H and O–H groups in total. The first-order valence-corrected chi connectivity index (χ1v) is 11.8. The zero-order valence-corrected chi connectivity index (χ0v) is 20.3. The van der Waals surface area contributed by atoms with Gasteiger partial charge in [0.1, 0.15) is 17.7 Å². The second-order valence-corrected chi connectivity index (χ2v) is 8.63. The van der Waals surface area contributed by atoms with Crippen LogP contribution in [0.5, 0.6) is 0 Å². The highest BCUT2D eigenvalue weighted by Crippen LogP contribution is 2.32. The molecule has 10 nitrogen and oxygen atoms in total. The van der Waals surface area contributed by atoms with Gasteiger partial charge in [0, 0.05) is 45.7 Å². The van der Waals surface area contributed by atoms with Crippen molar-refractivity contribution >= 4 is 35.1 Å². The summed E-state index contributed by atoms with van der Waals surface area (Å²) >= 11 is 0. The summed E-state index contributed by atoms with van der Waals surface area (Å²) in [5, 5.41) is 5.31. The molecule has 0 spiro atoms. The van der Waals surface area contributed by atoms with E-state index in [1.54, 1.807) is 28.9 Å². The number of carbonyl (C=O) groups excluding carboxylic acids is 2. The van der Waals surface area contributed by atoms with E-state index >= 15 is 4.39 Å². The fraction of sp³-hybridized carbons (Fsp3) is 0.478. The molecule has 2 aliphatic heterocycles. The van der Waals surface area contributed by atoms with Crippen LogP contribution in [0, 0.1) is 5.82 Å². The van der Waals surface area contributed by atoms with Gasteiger partial charge in [-0.05, 0) is 25.1 Å². The van der Waals surface area contributed by atoms with Gasteiger partial charge in [0.05, 0.1) is 24.5 Å². The van der Waals surface area contributed by atoms with Crippen LogP contribution in [0.1, 0.15) is 19.5 Å². The molecule has 4 rings (SSSR count). The highest BCUT2D eigenvalue weighted by atomic mass is 19.4. The molecular formula is C23H27F4N7O3. The summed E-state index contributed by atoms with van der Waals surface area (Å²) in [7, 11) is 0. The van der Waals surface area contributed by atoms with Crippen molar-refractivity contribution in [2.24, 2.45) is 0 Å². The number of hydrogen-bond donors (Lipinski definition) is 2. The Morgan fingerprint density at radius 2 is 1.84 bits per heavy atom. The first kappa shape index (κ1) is 26.2. The molecule has 3 heterocycles. The van der Waals surface area contributed by atoms with Crippen molar-refractivity contribution in [2.45, 2.75) is 26.1 Å².